The van der Waals surface area contributed by atoms with Crippen molar-refractivity contribution in [3.63, 3.8) is 0 Å². The summed E-state index contributed by atoms with van der Waals surface area (Å²) in [7, 11) is 0. The molecule has 0 saturated heterocycles. The van der Waals surface area contributed by atoms with Crippen molar-refractivity contribution in [1.82, 2.24) is 5.32 Å². The Labute approximate surface area is 117 Å². The normalized spacial score (nSPS) is 23.1. The summed E-state index contributed by atoms with van der Waals surface area (Å²) in [5.74, 6) is -0.339. The Kier molecular flexibility index (Phi) is 4.82. The summed E-state index contributed by atoms with van der Waals surface area (Å²) in [5.41, 5.74) is 0.405. The van der Waals surface area contributed by atoms with Gasteiger partial charge in [-0.3, -0.25) is 4.79 Å². The minimum absolute atomic E-state index is 0.167. The van der Waals surface area contributed by atoms with Gasteiger partial charge in [-0.15, -0.1) is 12.6 Å². The Hall–Kier alpha value is -1.07. The van der Waals surface area contributed by atoms with E-state index in [1.807, 2.05) is 0 Å². The monoisotopic (exact) mass is 283 g/mol. The largest absolute Gasteiger partial charge is 0.393 e. The van der Waals surface area contributed by atoms with E-state index in [1.165, 1.54) is 18.2 Å². The van der Waals surface area contributed by atoms with Crippen molar-refractivity contribution in [2.75, 3.05) is 6.54 Å². The Morgan fingerprint density at radius 1 is 1.47 bits per heavy atom. The number of hydrogen-bond acceptors (Lipinski definition) is 3. The molecule has 1 aromatic carbocycles. The fourth-order valence-corrected chi connectivity index (χ4v) is 2.65. The zero-order valence-corrected chi connectivity index (χ0v) is 11.5. The molecule has 5 heteroatoms. The van der Waals surface area contributed by atoms with Crippen molar-refractivity contribution in [1.29, 1.82) is 0 Å². The Balaban J connectivity index is 1.88. The van der Waals surface area contributed by atoms with Crippen LogP contribution in [-0.2, 0) is 0 Å². The maximum absolute atomic E-state index is 13.0. The van der Waals surface area contributed by atoms with Crippen LogP contribution in [0.4, 0.5) is 4.39 Å². The van der Waals surface area contributed by atoms with E-state index in [-0.39, 0.29) is 16.9 Å². The molecular weight excluding hydrogens is 265 g/mol. The number of carbonyl (C=O) groups excluding carboxylic acids is 1. The molecule has 19 heavy (non-hydrogen) atoms. The maximum atomic E-state index is 13.0. The number of benzene rings is 1. The molecule has 1 aliphatic rings. The lowest BCUT2D eigenvalue weighted by Gasteiger charge is -2.25. The predicted octanol–water partition coefficient (Wildman–Crippen LogP) is 2.40. The quantitative estimate of drug-likeness (QED) is 0.746. The second kappa shape index (κ2) is 6.39. The number of carbonyl (C=O) groups is 1. The highest BCUT2D eigenvalue weighted by molar-refractivity contribution is 7.80. The number of halogens is 1. The topological polar surface area (TPSA) is 49.3 Å². The van der Waals surface area contributed by atoms with Gasteiger partial charge in [-0.2, -0.15) is 0 Å². The summed E-state index contributed by atoms with van der Waals surface area (Å²) in [6, 6.07) is 4.10. The molecule has 0 bridgehead atoms. The molecule has 2 atom stereocenters. The average molecular weight is 283 g/mol. The predicted molar refractivity (Wildman–Crippen MR) is 74.0 cm³/mol. The first-order valence-electron chi connectivity index (χ1n) is 6.51. The molecule has 0 aromatic heterocycles. The van der Waals surface area contributed by atoms with E-state index in [9.17, 15) is 14.3 Å². The first kappa shape index (κ1) is 14.3. The number of hydrogen-bond donors (Lipinski definition) is 3. The molecule has 2 N–H and O–H groups in total. The lowest BCUT2D eigenvalue weighted by Crippen LogP contribution is -2.33. The highest BCUT2D eigenvalue weighted by atomic mass is 32.1. The molecule has 0 heterocycles. The van der Waals surface area contributed by atoms with Crippen LogP contribution in [0.25, 0.3) is 0 Å². The number of aliphatic hydroxyl groups excluding tert-OH is 1. The van der Waals surface area contributed by atoms with Crippen LogP contribution in [0.3, 0.4) is 0 Å². The molecule has 3 nitrogen and oxygen atoms in total. The second-order valence-corrected chi connectivity index (χ2v) is 5.54. The van der Waals surface area contributed by atoms with Gasteiger partial charge < -0.3 is 10.4 Å². The van der Waals surface area contributed by atoms with Gasteiger partial charge in [0.1, 0.15) is 5.82 Å². The van der Waals surface area contributed by atoms with E-state index in [4.69, 9.17) is 0 Å². The lowest BCUT2D eigenvalue weighted by molar-refractivity contribution is 0.0873. The summed E-state index contributed by atoms with van der Waals surface area (Å²) in [6.45, 7) is 0.551. The first-order chi connectivity index (χ1) is 9.06. The van der Waals surface area contributed by atoms with Gasteiger partial charge in [-0.05, 0) is 43.4 Å². The van der Waals surface area contributed by atoms with Crippen LogP contribution in [0.2, 0.25) is 0 Å². The second-order valence-electron chi connectivity index (χ2n) is 5.06. The minimum Gasteiger partial charge on any atom is -0.393 e. The lowest BCUT2D eigenvalue weighted by atomic mass is 9.87. The molecule has 1 saturated carbocycles. The van der Waals surface area contributed by atoms with Crippen LogP contribution < -0.4 is 5.32 Å². The number of aliphatic hydroxyl groups is 1. The smallest absolute Gasteiger partial charge is 0.251 e. The van der Waals surface area contributed by atoms with Gasteiger partial charge in [0, 0.05) is 17.0 Å². The SMILES string of the molecule is O=C(NCC1CCCC(O)C1)c1ccc(F)c(S)c1. The van der Waals surface area contributed by atoms with Crippen molar-refractivity contribution < 1.29 is 14.3 Å². The molecule has 104 valence electrons. The van der Waals surface area contributed by atoms with Crippen LogP contribution in [0, 0.1) is 11.7 Å². The number of amides is 1. The van der Waals surface area contributed by atoms with Crippen molar-refractivity contribution in [3.8, 4) is 0 Å². The fraction of sp³-hybridized carbons (Fsp3) is 0.500. The van der Waals surface area contributed by atoms with Gasteiger partial charge in [0.05, 0.1) is 6.10 Å². The van der Waals surface area contributed by atoms with E-state index >= 15 is 0 Å². The minimum atomic E-state index is -0.435. The Morgan fingerprint density at radius 3 is 2.95 bits per heavy atom. The third-order valence-corrected chi connectivity index (χ3v) is 3.86. The highest BCUT2D eigenvalue weighted by Crippen LogP contribution is 2.23. The molecule has 2 rings (SSSR count). The van der Waals surface area contributed by atoms with Crippen LogP contribution in [0.15, 0.2) is 23.1 Å². The number of rotatable bonds is 3. The third kappa shape index (κ3) is 3.94. The van der Waals surface area contributed by atoms with E-state index in [2.05, 4.69) is 17.9 Å². The zero-order chi connectivity index (χ0) is 13.8. The molecule has 2 unspecified atom stereocenters. The van der Waals surface area contributed by atoms with Gasteiger partial charge in [-0.25, -0.2) is 4.39 Å². The van der Waals surface area contributed by atoms with Gasteiger partial charge in [0.2, 0.25) is 0 Å². The van der Waals surface area contributed by atoms with Gasteiger partial charge in [0.25, 0.3) is 5.91 Å². The molecule has 1 fully saturated rings. The van der Waals surface area contributed by atoms with Crippen molar-refractivity contribution in [2.24, 2.45) is 5.92 Å². The van der Waals surface area contributed by atoms with Gasteiger partial charge in [0.15, 0.2) is 0 Å². The number of thiol groups is 1. The Morgan fingerprint density at radius 2 is 2.26 bits per heavy atom. The van der Waals surface area contributed by atoms with Gasteiger partial charge in [-0.1, -0.05) is 6.42 Å². The maximum Gasteiger partial charge on any atom is 0.251 e. The van der Waals surface area contributed by atoms with E-state index in [1.54, 1.807) is 0 Å². The van der Waals surface area contributed by atoms with E-state index in [0.717, 1.165) is 25.7 Å². The van der Waals surface area contributed by atoms with Crippen LogP contribution in [0.1, 0.15) is 36.0 Å². The summed E-state index contributed by atoms with van der Waals surface area (Å²) in [6.07, 6.45) is 3.37. The van der Waals surface area contributed by atoms with Crippen molar-refractivity contribution in [3.05, 3.63) is 29.6 Å². The molecule has 0 radical (unpaired) electrons. The van der Waals surface area contributed by atoms with Crippen LogP contribution >= 0.6 is 12.6 Å². The van der Waals surface area contributed by atoms with E-state index in [0.29, 0.717) is 18.0 Å². The molecule has 0 spiro atoms. The molecule has 0 aliphatic heterocycles. The van der Waals surface area contributed by atoms with Gasteiger partial charge >= 0.3 is 0 Å². The van der Waals surface area contributed by atoms with Crippen LogP contribution in [0.5, 0.6) is 0 Å². The molecular formula is C14H18FNO2S. The number of nitrogens with one attached hydrogen (secondary N) is 1. The zero-order valence-electron chi connectivity index (χ0n) is 10.6. The fourth-order valence-electron chi connectivity index (χ4n) is 2.44. The molecule has 1 amide bonds. The highest BCUT2D eigenvalue weighted by Gasteiger charge is 2.20. The average Bonchev–Trinajstić information content (AvgIpc) is 2.39. The first-order valence-corrected chi connectivity index (χ1v) is 6.95. The molecule has 1 aliphatic carbocycles. The summed E-state index contributed by atoms with van der Waals surface area (Å²) < 4.78 is 13.0. The summed E-state index contributed by atoms with van der Waals surface area (Å²) in [4.78, 5) is 12.1. The summed E-state index contributed by atoms with van der Waals surface area (Å²) in [5, 5.41) is 12.4. The van der Waals surface area contributed by atoms with E-state index < -0.39 is 5.82 Å². The van der Waals surface area contributed by atoms with Crippen molar-refractivity contribution in [2.45, 2.75) is 36.7 Å². The standard InChI is InChI=1S/C14H18FNO2S/c15-12-5-4-10(7-13(12)19)14(18)16-8-9-2-1-3-11(17)6-9/h4-5,7,9,11,17,19H,1-3,6,8H2,(H,16,18). The molecule has 1 aromatic rings. The third-order valence-electron chi connectivity index (χ3n) is 3.51. The summed E-state index contributed by atoms with van der Waals surface area (Å²) >= 11 is 3.96. The van der Waals surface area contributed by atoms with Crippen LogP contribution in [-0.4, -0.2) is 23.7 Å². The Bertz CT molecular complexity index is 467. The van der Waals surface area contributed by atoms with Crippen molar-refractivity contribution >= 4 is 18.5 Å².